The van der Waals surface area contributed by atoms with E-state index in [1.807, 2.05) is 30.4 Å². The Hall–Kier alpha value is -4.10. The number of ether oxygens (including phenoxy) is 3. The summed E-state index contributed by atoms with van der Waals surface area (Å²) in [6, 6.07) is 1.24. The number of aliphatic hydroxyl groups is 3. The molecule has 0 radical (unpaired) electrons. The first-order valence-electron chi connectivity index (χ1n) is 24.7. The summed E-state index contributed by atoms with van der Waals surface area (Å²) in [4.78, 5) is 61.8. The maximum atomic E-state index is 12.8. The Balaban J connectivity index is 1.86. The standard InChI is InChI=1S/C50H79N3O16P2/c1-3-5-7-9-11-12-13-14-15-16-17-18-19-20-22-26-31-35-46(56)67-42(38-64-45(55)34-30-27-23-25-29-33-41(54)32-28-24-21-10-8-6-4-2)39-65-70(60,61)69-71(62,63)66-40-43-47(57)48(58)49(68-43)53-37-36-44(51)52-50(53)59/h6,8,11-12,14-15,17-18,20-22,24,28,32,36-37,41-43,47-49,54,57-58H,3-5,7,9-10,13,16,19,23,25-27,29-31,33-35,38-40H2,1-2H3,(H,60,61)(H,62,63)(H2,51,52,59)/b8-6+,12-11-,15-14-,18-17-,22-20-,24-21+,32-28+/t41?,42-,43-,47-,48-,49-/m1/s1. The zero-order valence-corrected chi connectivity index (χ0v) is 43.1. The van der Waals surface area contributed by atoms with Crippen LogP contribution >= 0.6 is 15.6 Å². The number of carbonyl (C=O) groups is 2. The summed E-state index contributed by atoms with van der Waals surface area (Å²) < 4.78 is 56.6. The van der Waals surface area contributed by atoms with Gasteiger partial charge in [-0.15, -0.1) is 0 Å². The Morgan fingerprint density at radius 1 is 0.761 bits per heavy atom. The van der Waals surface area contributed by atoms with Crippen molar-refractivity contribution in [3.05, 3.63) is 108 Å². The van der Waals surface area contributed by atoms with Crippen LogP contribution in [0.25, 0.3) is 0 Å². The molecule has 0 amide bonds. The van der Waals surface area contributed by atoms with Crippen LogP contribution in [0.3, 0.4) is 0 Å². The summed E-state index contributed by atoms with van der Waals surface area (Å²) in [6.45, 7) is 1.83. The molecule has 0 saturated carbocycles. The molecule has 8 atom stereocenters. The highest BCUT2D eigenvalue weighted by molar-refractivity contribution is 7.61. The smallest absolute Gasteiger partial charge is 0.462 e. The Kier molecular flexibility index (Phi) is 33.4. The molecule has 0 aromatic carbocycles. The molecule has 7 N–H and O–H groups in total. The van der Waals surface area contributed by atoms with Gasteiger partial charge in [-0.1, -0.05) is 137 Å². The van der Waals surface area contributed by atoms with Crippen molar-refractivity contribution in [2.45, 2.75) is 173 Å². The summed E-state index contributed by atoms with van der Waals surface area (Å²) in [5.41, 5.74) is 4.57. The average Bonchev–Trinajstić information content (AvgIpc) is 3.60. The van der Waals surface area contributed by atoms with E-state index in [-0.39, 0.29) is 18.7 Å². The molecule has 3 unspecified atom stereocenters. The van der Waals surface area contributed by atoms with Gasteiger partial charge in [0.05, 0.1) is 19.3 Å². The fraction of sp³-hybridized carbons (Fsp3) is 0.600. The number of aliphatic hydroxyl groups excluding tert-OH is 3. The van der Waals surface area contributed by atoms with Gasteiger partial charge in [0.25, 0.3) is 0 Å². The second kappa shape index (κ2) is 37.6. The van der Waals surface area contributed by atoms with Crippen molar-refractivity contribution in [3.8, 4) is 0 Å². The number of carbonyl (C=O) groups excluding carboxylic acids is 2. The molecule has 1 aromatic rings. The van der Waals surface area contributed by atoms with Gasteiger partial charge in [0.15, 0.2) is 12.3 Å². The second-order valence-corrected chi connectivity index (χ2v) is 19.8. The van der Waals surface area contributed by atoms with Gasteiger partial charge in [-0.3, -0.25) is 23.2 Å². The van der Waals surface area contributed by atoms with Crippen molar-refractivity contribution >= 4 is 33.4 Å². The third kappa shape index (κ3) is 30.5. The highest BCUT2D eigenvalue weighted by atomic mass is 31.3. The van der Waals surface area contributed by atoms with Crippen LogP contribution in [0.5, 0.6) is 0 Å². The predicted octanol–water partition coefficient (Wildman–Crippen LogP) is 8.86. The lowest BCUT2D eigenvalue weighted by Gasteiger charge is -2.21. The highest BCUT2D eigenvalue weighted by Gasteiger charge is 2.46. The number of esters is 2. The van der Waals surface area contributed by atoms with Gasteiger partial charge in [0.2, 0.25) is 0 Å². The van der Waals surface area contributed by atoms with Crippen molar-refractivity contribution < 1.29 is 71.4 Å². The van der Waals surface area contributed by atoms with Crippen LogP contribution in [0.1, 0.15) is 142 Å². The first-order chi connectivity index (χ1) is 34.1. The van der Waals surface area contributed by atoms with E-state index in [0.29, 0.717) is 25.7 Å². The lowest BCUT2D eigenvalue weighted by atomic mass is 10.1. The van der Waals surface area contributed by atoms with E-state index in [9.17, 15) is 48.6 Å². The lowest BCUT2D eigenvalue weighted by molar-refractivity contribution is -0.161. The quantitative estimate of drug-likeness (QED) is 0.0118. The molecular formula is C50H79N3O16P2. The van der Waals surface area contributed by atoms with E-state index >= 15 is 0 Å². The van der Waals surface area contributed by atoms with Gasteiger partial charge >= 0.3 is 33.3 Å². The van der Waals surface area contributed by atoms with Crippen LogP contribution in [-0.4, -0.2) is 96.9 Å². The number of phosphoric ester groups is 2. The number of aromatic nitrogens is 2. The first kappa shape index (κ1) is 63.0. The molecule has 21 heteroatoms. The maximum absolute atomic E-state index is 12.8. The van der Waals surface area contributed by atoms with Crippen molar-refractivity contribution in [2.24, 2.45) is 0 Å². The summed E-state index contributed by atoms with van der Waals surface area (Å²) >= 11 is 0. The van der Waals surface area contributed by atoms with Crippen LogP contribution in [0.4, 0.5) is 5.82 Å². The number of nitrogen functional groups attached to an aromatic ring is 1. The van der Waals surface area contributed by atoms with Crippen molar-refractivity contribution in [1.82, 2.24) is 9.55 Å². The highest BCUT2D eigenvalue weighted by Crippen LogP contribution is 2.60. The third-order valence-electron chi connectivity index (χ3n) is 10.6. The third-order valence-corrected chi connectivity index (χ3v) is 13.2. The number of allylic oxidation sites excluding steroid dienone is 13. The van der Waals surface area contributed by atoms with Crippen LogP contribution in [0, 0.1) is 0 Å². The van der Waals surface area contributed by atoms with Crippen molar-refractivity contribution in [3.63, 3.8) is 0 Å². The minimum absolute atomic E-state index is 0.0408. The molecular weight excluding hydrogens is 961 g/mol. The summed E-state index contributed by atoms with van der Waals surface area (Å²) in [7, 11) is -10.9. The fourth-order valence-corrected chi connectivity index (χ4v) is 8.83. The number of hydrogen-bond acceptors (Lipinski definition) is 16. The van der Waals surface area contributed by atoms with Gasteiger partial charge in [-0.05, 0) is 76.7 Å². The maximum Gasteiger partial charge on any atom is 0.481 e. The van der Waals surface area contributed by atoms with Crippen LogP contribution in [0.2, 0.25) is 0 Å². The van der Waals surface area contributed by atoms with E-state index in [0.717, 1.165) is 75.0 Å². The predicted molar refractivity (Wildman–Crippen MR) is 271 cm³/mol. The molecule has 0 spiro atoms. The number of phosphoric acid groups is 2. The molecule has 1 saturated heterocycles. The molecule has 1 fully saturated rings. The number of rotatable bonds is 39. The normalized spacial score (nSPS) is 20.3. The molecule has 2 rings (SSSR count). The topological polar surface area (TPSA) is 286 Å². The zero-order chi connectivity index (χ0) is 52.2. The Labute approximate surface area is 419 Å². The second-order valence-electron chi connectivity index (χ2n) is 16.8. The number of unbranched alkanes of at least 4 members (excludes halogenated alkanes) is 8. The number of nitrogens with zero attached hydrogens (tertiary/aromatic N) is 2. The monoisotopic (exact) mass is 1040 g/mol. The largest absolute Gasteiger partial charge is 0.481 e. The molecule has 19 nitrogen and oxygen atoms in total. The van der Waals surface area contributed by atoms with Crippen molar-refractivity contribution in [1.29, 1.82) is 0 Å². The Morgan fingerprint density at radius 3 is 2.04 bits per heavy atom. The van der Waals surface area contributed by atoms with E-state index < -0.39 is 89.8 Å². The number of hydrogen-bond donors (Lipinski definition) is 6. The van der Waals surface area contributed by atoms with Gasteiger partial charge in [0, 0.05) is 19.0 Å². The summed E-state index contributed by atoms with van der Waals surface area (Å²) in [5.74, 6) is -1.46. The Morgan fingerprint density at radius 2 is 1.37 bits per heavy atom. The molecule has 400 valence electrons. The van der Waals surface area contributed by atoms with E-state index in [1.54, 1.807) is 6.08 Å². The summed E-state index contributed by atoms with van der Waals surface area (Å²) in [5, 5.41) is 31.1. The van der Waals surface area contributed by atoms with E-state index in [4.69, 9.17) is 29.0 Å². The van der Waals surface area contributed by atoms with Crippen LogP contribution in [0.15, 0.2) is 102 Å². The first-order valence-corrected chi connectivity index (χ1v) is 27.7. The number of nitrogens with two attached hydrogens (primary N) is 1. The van der Waals surface area contributed by atoms with Crippen LogP contribution in [-0.2, 0) is 46.3 Å². The SMILES string of the molecule is CC/C=C/C/C=C/C=C/C(O)CCCCCCCC(=O)OC[C@H](COP(=O)(O)OP(=O)(O)OC[C@H]1O[C@@H](n2ccc(N)nc2=O)[C@H](O)[C@@H]1O)OC(=O)CCC/C=C\C/C=C\C/C=C\C/C=C\CCCCC. The molecule has 0 bridgehead atoms. The lowest BCUT2D eigenvalue weighted by Crippen LogP contribution is -2.36. The van der Waals surface area contributed by atoms with Gasteiger partial charge in [0.1, 0.15) is 30.7 Å². The molecule has 1 aromatic heterocycles. The van der Waals surface area contributed by atoms with Gasteiger partial charge < -0.3 is 45.1 Å². The van der Waals surface area contributed by atoms with Crippen LogP contribution < -0.4 is 11.4 Å². The summed E-state index contributed by atoms with van der Waals surface area (Å²) in [6.07, 6.45) is 35.5. The molecule has 1 aliphatic rings. The van der Waals surface area contributed by atoms with E-state index in [1.165, 1.54) is 25.3 Å². The zero-order valence-electron chi connectivity index (χ0n) is 41.4. The minimum atomic E-state index is -5.46. The number of anilines is 1. The molecule has 71 heavy (non-hydrogen) atoms. The minimum Gasteiger partial charge on any atom is -0.462 e. The van der Waals surface area contributed by atoms with E-state index in [2.05, 4.69) is 71.8 Å². The Bertz CT molecular complexity index is 2040. The average molecular weight is 1040 g/mol. The van der Waals surface area contributed by atoms with Gasteiger partial charge in [-0.25, -0.2) is 13.9 Å². The molecule has 2 heterocycles. The molecule has 0 aliphatic carbocycles. The fourth-order valence-electron chi connectivity index (χ4n) is 6.72. The van der Waals surface area contributed by atoms with Gasteiger partial charge in [-0.2, -0.15) is 9.29 Å². The van der Waals surface area contributed by atoms with Crippen molar-refractivity contribution in [2.75, 3.05) is 25.6 Å². The molecule has 1 aliphatic heterocycles.